The maximum atomic E-state index is 13.3. The van der Waals surface area contributed by atoms with Gasteiger partial charge >= 0.3 is 5.97 Å². The maximum Gasteiger partial charge on any atom is 0.322 e. The summed E-state index contributed by atoms with van der Waals surface area (Å²) in [6.07, 6.45) is 13.1. The Bertz CT molecular complexity index is 1130. The van der Waals surface area contributed by atoms with E-state index < -0.39 is 11.5 Å². The number of fused-ring (bicyclic) bond motifs is 5. The van der Waals surface area contributed by atoms with Crippen molar-refractivity contribution in [3.05, 3.63) is 45.8 Å². The monoisotopic (exact) mass is 524 g/mol. The third kappa shape index (κ3) is 5.12. The zero-order valence-corrected chi connectivity index (χ0v) is 22.9. The van der Waals surface area contributed by atoms with Crippen LogP contribution in [-0.2, 0) is 14.3 Å². The molecule has 37 heavy (non-hydrogen) atoms. The van der Waals surface area contributed by atoms with Crippen LogP contribution >= 0.6 is 11.8 Å². The second-order valence-corrected chi connectivity index (χ2v) is 13.1. The minimum atomic E-state index is -1.04. The average Bonchev–Trinajstić information content (AvgIpc) is 3.20. The van der Waals surface area contributed by atoms with E-state index in [4.69, 9.17) is 4.74 Å². The second kappa shape index (κ2) is 10.3. The molecule has 0 aromatic carbocycles. The summed E-state index contributed by atoms with van der Waals surface area (Å²) in [7, 11) is 0. The van der Waals surface area contributed by atoms with Crippen LogP contribution in [0.1, 0.15) is 66.2 Å². The number of esters is 1. The predicted molar refractivity (Wildman–Crippen MR) is 145 cm³/mol. The number of thioether (sulfide) groups is 1. The van der Waals surface area contributed by atoms with Gasteiger partial charge in [0.2, 0.25) is 0 Å². The highest BCUT2D eigenvalue weighted by Crippen LogP contribution is 2.67. The molecule has 3 saturated carbocycles. The first kappa shape index (κ1) is 27.5. The van der Waals surface area contributed by atoms with Crippen molar-refractivity contribution in [1.82, 2.24) is 0 Å². The summed E-state index contributed by atoms with van der Waals surface area (Å²) < 4.78 is 4.85. The first-order valence-electron chi connectivity index (χ1n) is 13.1. The van der Waals surface area contributed by atoms with E-state index in [1.165, 1.54) is 5.57 Å². The molecule has 0 bridgehead atoms. The predicted octanol–water partition coefficient (Wildman–Crippen LogP) is 6.34. The molecule has 8 heteroatoms. The number of carbonyl (C=O) groups is 2. The summed E-state index contributed by atoms with van der Waals surface area (Å²) in [4.78, 5) is 48.0. The van der Waals surface area contributed by atoms with Gasteiger partial charge in [-0.25, -0.2) is 0 Å². The molecule has 0 amide bonds. The molecule has 7 atom stereocenters. The summed E-state index contributed by atoms with van der Waals surface area (Å²) >= 11 is 1.14. The van der Waals surface area contributed by atoms with Gasteiger partial charge < -0.3 is 4.74 Å². The fourth-order valence-corrected chi connectivity index (χ4v) is 8.51. The second-order valence-electron chi connectivity index (χ2n) is 12.1. The summed E-state index contributed by atoms with van der Waals surface area (Å²) in [6, 6.07) is -0.335. The van der Waals surface area contributed by atoms with Crippen LogP contribution in [0.15, 0.2) is 46.3 Å². The van der Waals surface area contributed by atoms with Crippen LogP contribution in [0.3, 0.4) is 0 Å². The Morgan fingerprint density at radius 2 is 2.00 bits per heavy atom. The number of nitroso groups, excluding NO2 is 2. The minimum absolute atomic E-state index is 0.0801. The number of nitrogens with zero attached hydrogens (tertiary/aromatic N) is 2. The Morgan fingerprint density at radius 3 is 2.70 bits per heavy atom. The molecule has 0 spiro atoms. The molecule has 7 nitrogen and oxygen atoms in total. The van der Waals surface area contributed by atoms with Crippen LogP contribution in [0.25, 0.3) is 0 Å². The molecule has 4 aliphatic rings. The number of allylic oxidation sites excluding steroid dienone is 5. The molecule has 0 radical (unpaired) electrons. The van der Waals surface area contributed by atoms with E-state index in [2.05, 4.69) is 61.0 Å². The van der Waals surface area contributed by atoms with E-state index >= 15 is 0 Å². The molecule has 0 saturated heterocycles. The molecule has 0 N–H and O–H groups in total. The molecule has 0 aromatic heterocycles. The number of carbonyl (C=O) groups excluding carboxylic acids is 2. The summed E-state index contributed by atoms with van der Waals surface area (Å²) in [5.41, 5.74) is 0.859. The van der Waals surface area contributed by atoms with Crippen LogP contribution in [0.2, 0.25) is 0 Å². The fraction of sp³-hybridized carbons (Fsp3) is 0.655. The van der Waals surface area contributed by atoms with Gasteiger partial charge in [0.15, 0.2) is 5.12 Å². The van der Waals surface area contributed by atoms with Crippen molar-refractivity contribution < 1.29 is 14.3 Å². The molecule has 0 heterocycles. The summed E-state index contributed by atoms with van der Waals surface area (Å²) in [6.45, 7) is 11.6. The van der Waals surface area contributed by atoms with Crippen LogP contribution in [0.4, 0.5) is 0 Å². The van der Waals surface area contributed by atoms with Crippen molar-refractivity contribution in [2.75, 3.05) is 5.75 Å². The number of ether oxygens (including phenoxy) is 1. The number of hydrogen-bond acceptors (Lipinski definition) is 8. The molecule has 7 unspecified atom stereocenters. The van der Waals surface area contributed by atoms with Gasteiger partial charge in [-0.15, -0.1) is 0 Å². The van der Waals surface area contributed by atoms with E-state index in [1.54, 1.807) is 13.8 Å². The van der Waals surface area contributed by atoms with Gasteiger partial charge in [-0.1, -0.05) is 66.3 Å². The lowest BCUT2D eigenvalue weighted by Gasteiger charge is -2.58. The Labute approximate surface area is 223 Å². The quantitative estimate of drug-likeness (QED) is 0.228. The Kier molecular flexibility index (Phi) is 7.67. The highest BCUT2D eigenvalue weighted by atomic mass is 32.2. The maximum absolute atomic E-state index is 13.3. The number of hydrogen-bond donors (Lipinski definition) is 0. The highest BCUT2D eigenvalue weighted by Gasteiger charge is 2.63. The fourth-order valence-electron chi connectivity index (χ4n) is 7.64. The molecular formula is C29H36N2O5S. The van der Waals surface area contributed by atoms with Gasteiger partial charge in [0, 0.05) is 17.3 Å². The van der Waals surface area contributed by atoms with Gasteiger partial charge in [0.25, 0.3) is 0 Å². The molecular weight excluding hydrogens is 488 g/mol. The van der Waals surface area contributed by atoms with Crippen LogP contribution < -0.4 is 0 Å². The molecule has 4 aliphatic carbocycles. The highest BCUT2D eigenvalue weighted by molar-refractivity contribution is 8.13. The third-order valence-corrected chi connectivity index (χ3v) is 10.2. The van der Waals surface area contributed by atoms with Crippen LogP contribution in [-0.4, -0.2) is 28.4 Å². The molecule has 4 rings (SSSR count). The third-order valence-electron chi connectivity index (χ3n) is 9.35. The lowest BCUT2D eigenvalue weighted by Crippen LogP contribution is -2.55. The average molecular weight is 525 g/mol. The van der Waals surface area contributed by atoms with Gasteiger partial charge in [-0.2, -0.15) is 9.81 Å². The zero-order chi connectivity index (χ0) is 27.0. The smallest absolute Gasteiger partial charge is 0.322 e. The van der Waals surface area contributed by atoms with Gasteiger partial charge in [-0.3, -0.25) is 9.59 Å². The largest absolute Gasteiger partial charge is 0.372 e. The Morgan fingerprint density at radius 1 is 1.24 bits per heavy atom. The van der Waals surface area contributed by atoms with Crippen molar-refractivity contribution in [2.45, 2.75) is 77.8 Å². The van der Waals surface area contributed by atoms with Crippen molar-refractivity contribution in [2.24, 2.45) is 44.9 Å². The van der Waals surface area contributed by atoms with Gasteiger partial charge in [0.1, 0.15) is 11.6 Å². The van der Waals surface area contributed by atoms with Crippen molar-refractivity contribution in [1.29, 1.82) is 0 Å². The van der Waals surface area contributed by atoms with E-state index in [0.717, 1.165) is 43.0 Å². The van der Waals surface area contributed by atoms with Gasteiger partial charge in [-0.05, 0) is 74.7 Å². The summed E-state index contributed by atoms with van der Waals surface area (Å²) in [5, 5.41) is 6.64. The lowest BCUT2D eigenvalue weighted by molar-refractivity contribution is -0.137. The Balaban J connectivity index is 1.42. The van der Waals surface area contributed by atoms with Crippen LogP contribution in [0.5, 0.6) is 0 Å². The van der Waals surface area contributed by atoms with E-state index in [0.29, 0.717) is 18.3 Å². The van der Waals surface area contributed by atoms with E-state index in [9.17, 15) is 19.4 Å². The first-order chi connectivity index (χ1) is 17.4. The van der Waals surface area contributed by atoms with Crippen LogP contribution in [0, 0.1) is 56.3 Å². The van der Waals surface area contributed by atoms with Crippen molar-refractivity contribution in [3.8, 4) is 12.0 Å². The van der Waals surface area contributed by atoms with Crippen molar-refractivity contribution in [3.63, 3.8) is 0 Å². The first-order valence-corrected chi connectivity index (χ1v) is 14.0. The number of rotatable bonds is 6. The van der Waals surface area contributed by atoms with E-state index in [1.807, 2.05) is 0 Å². The standard InChI is InChI=1S/C29H36N2O5S/c1-18-11-12-28(4)19(15-18)7-8-20-21-9-10-22(29(21,5)16-23(30-34)25(20)28)26(33)37-14-6-13-36-24(32)17-27(2,3)31-35/h11-12,15,20-23,25H,1,7-10,14,16-17H2,2-5H3. The lowest BCUT2D eigenvalue weighted by atomic mass is 9.46. The minimum Gasteiger partial charge on any atom is -0.372 e. The summed E-state index contributed by atoms with van der Waals surface area (Å²) in [5.74, 6) is 3.03. The molecule has 3 fully saturated rings. The normalized spacial score (nSPS) is 36.2. The topological polar surface area (TPSA) is 102 Å². The molecule has 0 aromatic rings. The van der Waals surface area contributed by atoms with Crippen molar-refractivity contribution >= 4 is 22.8 Å². The molecule has 0 aliphatic heterocycles. The van der Waals surface area contributed by atoms with E-state index in [-0.39, 0.29) is 46.0 Å². The zero-order valence-electron chi connectivity index (χ0n) is 22.1. The Hall–Kier alpha value is -2.53. The SMILES string of the molecule is C=C1C=CC2(C)C(=C1)CCC1C2C(N=O)CC2(C)C(C(=O)SCC#COC(=O)CC(C)(C)N=O)CCC12. The molecule has 198 valence electrons. The van der Waals surface area contributed by atoms with Gasteiger partial charge in [0.05, 0.1) is 18.2 Å².